The molecule has 0 saturated carbocycles. The number of anilines is 1. The van der Waals surface area contributed by atoms with Crippen molar-refractivity contribution >= 4 is 34.8 Å². The molecule has 0 fully saturated rings. The van der Waals surface area contributed by atoms with Crippen LogP contribution in [-0.4, -0.2) is 5.91 Å². The van der Waals surface area contributed by atoms with Crippen molar-refractivity contribution in [2.75, 3.05) is 5.32 Å². The quantitative estimate of drug-likeness (QED) is 0.775. The third-order valence-corrected chi connectivity index (χ3v) is 3.35. The van der Waals surface area contributed by atoms with Crippen molar-refractivity contribution in [3.63, 3.8) is 0 Å². The van der Waals surface area contributed by atoms with Crippen LogP contribution in [0.25, 0.3) is 11.6 Å². The number of fused-ring (bicyclic) bond motifs is 1. The standard InChI is InChI=1S/C16H12ClNO/c1-10-3-2-4-11(7-10)8-14-13-9-12(17)5-6-15(13)18-16(14)19/h2-9H,1H3,(H,18,19). The van der Waals surface area contributed by atoms with Crippen LogP contribution in [0.1, 0.15) is 16.7 Å². The summed E-state index contributed by atoms with van der Waals surface area (Å²) >= 11 is 6.00. The smallest absolute Gasteiger partial charge is 0.256 e. The van der Waals surface area contributed by atoms with E-state index in [0.29, 0.717) is 10.6 Å². The second-order valence-corrected chi connectivity index (χ2v) is 5.05. The van der Waals surface area contributed by atoms with Crippen LogP contribution in [0.2, 0.25) is 5.02 Å². The van der Waals surface area contributed by atoms with E-state index in [-0.39, 0.29) is 5.91 Å². The summed E-state index contributed by atoms with van der Waals surface area (Å²) < 4.78 is 0. The molecule has 0 saturated heterocycles. The Kier molecular flexibility index (Phi) is 2.88. The highest BCUT2D eigenvalue weighted by molar-refractivity contribution is 6.36. The van der Waals surface area contributed by atoms with Crippen LogP contribution in [0.15, 0.2) is 42.5 Å². The predicted molar refractivity (Wildman–Crippen MR) is 79.1 cm³/mol. The Morgan fingerprint density at radius 2 is 2.00 bits per heavy atom. The lowest BCUT2D eigenvalue weighted by atomic mass is 10.0. The SMILES string of the molecule is Cc1cccc(C=C2C(=O)Nc3ccc(Cl)cc32)c1. The summed E-state index contributed by atoms with van der Waals surface area (Å²) in [5.41, 5.74) is 4.51. The maximum absolute atomic E-state index is 12.0. The third kappa shape index (κ3) is 2.27. The zero-order valence-corrected chi connectivity index (χ0v) is 11.2. The van der Waals surface area contributed by atoms with Crippen LogP contribution >= 0.6 is 11.6 Å². The van der Waals surface area contributed by atoms with Gasteiger partial charge in [-0.2, -0.15) is 0 Å². The van der Waals surface area contributed by atoms with E-state index in [1.807, 2.05) is 49.4 Å². The van der Waals surface area contributed by atoms with Crippen molar-refractivity contribution < 1.29 is 4.79 Å². The number of benzene rings is 2. The summed E-state index contributed by atoms with van der Waals surface area (Å²) in [6.07, 6.45) is 1.89. The second-order valence-electron chi connectivity index (χ2n) is 4.62. The van der Waals surface area contributed by atoms with Gasteiger partial charge in [0.1, 0.15) is 0 Å². The fraction of sp³-hybridized carbons (Fsp3) is 0.0625. The largest absolute Gasteiger partial charge is 0.321 e. The van der Waals surface area contributed by atoms with Gasteiger partial charge in [-0.1, -0.05) is 41.4 Å². The number of rotatable bonds is 1. The summed E-state index contributed by atoms with van der Waals surface area (Å²) in [4.78, 5) is 12.0. The van der Waals surface area contributed by atoms with Crippen molar-refractivity contribution in [2.24, 2.45) is 0 Å². The maximum atomic E-state index is 12.0. The fourth-order valence-electron chi connectivity index (χ4n) is 2.23. The Morgan fingerprint density at radius 1 is 1.16 bits per heavy atom. The van der Waals surface area contributed by atoms with Gasteiger partial charge < -0.3 is 5.32 Å². The molecule has 1 aliphatic heterocycles. The van der Waals surface area contributed by atoms with Crippen molar-refractivity contribution in [1.29, 1.82) is 0 Å². The van der Waals surface area contributed by atoms with Gasteiger partial charge in [-0.25, -0.2) is 0 Å². The molecule has 1 amide bonds. The van der Waals surface area contributed by atoms with E-state index in [1.54, 1.807) is 6.07 Å². The molecule has 2 nitrogen and oxygen atoms in total. The van der Waals surface area contributed by atoms with E-state index < -0.39 is 0 Å². The minimum atomic E-state index is -0.0845. The van der Waals surface area contributed by atoms with E-state index in [4.69, 9.17) is 11.6 Å². The minimum Gasteiger partial charge on any atom is -0.321 e. The molecule has 3 rings (SSSR count). The lowest BCUT2D eigenvalue weighted by molar-refractivity contribution is -0.110. The van der Waals surface area contributed by atoms with Crippen LogP contribution in [0.4, 0.5) is 5.69 Å². The Labute approximate surface area is 116 Å². The Hall–Kier alpha value is -2.06. The number of hydrogen-bond acceptors (Lipinski definition) is 1. The molecule has 19 heavy (non-hydrogen) atoms. The molecule has 0 bridgehead atoms. The van der Waals surface area contributed by atoms with Gasteiger partial charge >= 0.3 is 0 Å². The molecule has 1 N–H and O–H groups in total. The molecule has 3 heteroatoms. The van der Waals surface area contributed by atoms with E-state index in [1.165, 1.54) is 5.56 Å². The van der Waals surface area contributed by atoms with Gasteiger partial charge in [-0.3, -0.25) is 4.79 Å². The molecule has 0 aromatic heterocycles. The zero-order valence-electron chi connectivity index (χ0n) is 10.4. The number of hydrogen-bond donors (Lipinski definition) is 1. The molecule has 0 radical (unpaired) electrons. The van der Waals surface area contributed by atoms with Crippen molar-refractivity contribution in [3.8, 4) is 0 Å². The molecule has 94 valence electrons. The van der Waals surface area contributed by atoms with Gasteiger partial charge in [0, 0.05) is 21.8 Å². The van der Waals surface area contributed by atoms with Gasteiger partial charge in [0.2, 0.25) is 0 Å². The van der Waals surface area contributed by atoms with E-state index in [9.17, 15) is 4.79 Å². The molecule has 0 atom stereocenters. The highest BCUT2D eigenvalue weighted by atomic mass is 35.5. The summed E-state index contributed by atoms with van der Waals surface area (Å²) in [6, 6.07) is 13.5. The Morgan fingerprint density at radius 3 is 2.79 bits per heavy atom. The lowest BCUT2D eigenvalue weighted by Gasteiger charge is -2.00. The first kappa shape index (κ1) is 12.0. The number of aryl methyl sites for hydroxylation is 1. The second kappa shape index (κ2) is 4.56. The molecule has 2 aromatic rings. The summed E-state index contributed by atoms with van der Waals surface area (Å²) in [5.74, 6) is -0.0845. The predicted octanol–water partition coefficient (Wildman–Crippen LogP) is 4.14. The summed E-state index contributed by atoms with van der Waals surface area (Å²) in [5, 5.41) is 3.47. The highest BCUT2D eigenvalue weighted by Gasteiger charge is 2.23. The number of amides is 1. The average molecular weight is 270 g/mol. The summed E-state index contributed by atoms with van der Waals surface area (Å²) in [7, 11) is 0. The fourth-order valence-corrected chi connectivity index (χ4v) is 2.40. The Balaban J connectivity index is 2.11. The van der Waals surface area contributed by atoms with E-state index in [0.717, 1.165) is 16.8 Å². The molecular formula is C16H12ClNO. The zero-order chi connectivity index (χ0) is 13.4. The van der Waals surface area contributed by atoms with E-state index in [2.05, 4.69) is 5.32 Å². The van der Waals surface area contributed by atoms with Crippen LogP contribution in [-0.2, 0) is 4.79 Å². The van der Waals surface area contributed by atoms with Crippen LogP contribution in [0.3, 0.4) is 0 Å². The van der Waals surface area contributed by atoms with Gasteiger partial charge in [0.05, 0.1) is 0 Å². The minimum absolute atomic E-state index is 0.0845. The molecular weight excluding hydrogens is 258 g/mol. The van der Waals surface area contributed by atoms with Crippen molar-refractivity contribution in [2.45, 2.75) is 6.92 Å². The first-order chi connectivity index (χ1) is 9.13. The van der Waals surface area contributed by atoms with Crippen LogP contribution in [0.5, 0.6) is 0 Å². The number of nitrogens with one attached hydrogen (secondary N) is 1. The molecule has 1 aliphatic rings. The topological polar surface area (TPSA) is 29.1 Å². The normalized spacial score (nSPS) is 15.5. The molecule has 0 aliphatic carbocycles. The Bertz CT molecular complexity index is 704. The van der Waals surface area contributed by atoms with Gasteiger partial charge in [0.25, 0.3) is 5.91 Å². The third-order valence-electron chi connectivity index (χ3n) is 3.12. The number of carbonyl (C=O) groups is 1. The van der Waals surface area contributed by atoms with Gasteiger partial charge in [0.15, 0.2) is 0 Å². The van der Waals surface area contributed by atoms with Crippen molar-refractivity contribution in [3.05, 3.63) is 64.2 Å². The average Bonchev–Trinajstić information content (AvgIpc) is 2.66. The van der Waals surface area contributed by atoms with Crippen LogP contribution < -0.4 is 5.32 Å². The van der Waals surface area contributed by atoms with Gasteiger partial charge in [-0.15, -0.1) is 0 Å². The van der Waals surface area contributed by atoms with Crippen LogP contribution in [0, 0.1) is 6.92 Å². The number of halogens is 1. The molecule has 0 spiro atoms. The highest BCUT2D eigenvalue weighted by Crippen LogP contribution is 2.34. The first-order valence-electron chi connectivity index (χ1n) is 6.03. The van der Waals surface area contributed by atoms with Gasteiger partial charge in [-0.05, 0) is 36.8 Å². The monoisotopic (exact) mass is 269 g/mol. The summed E-state index contributed by atoms with van der Waals surface area (Å²) in [6.45, 7) is 2.03. The lowest BCUT2D eigenvalue weighted by Crippen LogP contribution is -2.03. The first-order valence-corrected chi connectivity index (χ1v) is 6.41. The molecule has 1 heterocycles. The number of carbonyl (C=O) groups excluding carboxylic acids is 1. The maximum Gasteiger partial charge on any atom is 0.256 e. The van der Waals surface area contributed by atoms with E-state index >= 15 is 0 Å². The molecule has 2 aromatic carbocycles. The van der Waals surface area contributed by atoms with Crippen molar-refractivity contribution in [1.82, 2.24) is 0 Å². The molecule has 0 unspecified atom stereocenters.